The van der Waals surface area contributed by atoms with Crippen molar-refractivity contribution >= 4 is 5.91 Å². The van der Waals surface area contributed by atoms with Gasteiger partial charge in [0.2, 0.25) is 5.91 Å². The zero-order valence-corrected chi connectivity index (χ0v) is 34.1. The molecule has 0 saturated carbocycles. The summed E-state index contributed by atoms with van der Waals surface area (Å²) in [7, 11) is 0. The number of unbranched alkanes of at least 4 members (excludes halogenated alkanes) is 30. The summed E-state index contributed by atoms with van der Waals surface area (Å²) in [5.74, 6) is -0.590. The van der Waals surface area contributed by atoms with Crippen LogP contribution in [0.15, 0.2) is 12.2 Å². The molecule has 1 amide bonds. The number of aliphatic hydroxyl groups excluding tert-OH is 4. The first-order valence-electron chi connectivity index (χ1n) is 22.6. The fourth-order valence-electron chi connectivity index (χ4n) is 7.11. The van der Waals surface area contributed by atoms with Gasteiger partial charge in [0, 0.05) is 0 Å². The Morgan fingerprint density at radius 3 is 1.18 bits per heavy atom. The molecule has 0 rings (SSSR count). The van der Waals surface area contributed by atoms with Crippen LogP contribution in [0, 0.1) is 0 Å². The molecule has 6 nitrogen and oxygen atoms in total. The Morgan fingerprint density at radius 2 is 0.804 bits per heavy atom. The molecule has 0 heterocycles. The van der Waals surface area contributed by atoms with E-state index in [0.29, 0.717) is 12.8 Å². The minimum atomic E-state index is -1.28. The van der Waals surface area contributed by atoms with E-state index < -0.39 is 36.9 Å². The van der Waals surface area contributed by atoms with E-state index in [2.05, 4.69) is 31.3 Å². The number of nitrogens with one attached hydrogen (secondary N) is 1. The SMILES string of the molecule is CCCCCCCCCCCCCCCCC/C=C/CCCC(O)C(O)C(CO)NC(=O)C(O)CCCCCCCCCCCCCCCCC. The zero-order chi connectivity index (χ0) is 37.5. The number of allylic oxidation sites excluding steroid dienone is 2. The van der Waals surface area contributed by atoms with Crippen molar-refractivity contribution in [1.82, 2.24) is 5.32 Å². The molecule has 0 fully saturated rings. The fraction of sp³-hybridized carbons (Fsp3) is 0.933. The third kappa shape index (κ3) is 34.6. The first-order valence-corrected chi connectivity index (χ1v) is 22.6. The van der Waals surface area contributed by atoms with Crippen molar-refractivity contribution in [2.45, 2.75) is 263 Å². The van der Waals surface area contributed by atoms with Gasteiger partial charge in [0.05, 0.1) is 18.8 Å². The predicted molar refractivity (Wildman–Crippen MR) is 219 cm³/mol. The lowest BCUT2D eigenvalue weighted by atomic mass is 10.00. The highest BCUT2D eigenvalue weighted by Gasteiger charge is 2.28. The van der Waals surface area contributed by atoms with Crippen LogP contribution < -0.4 is 5.32 Å². The second-order valence-electron chi connectivity index (χ2n) is 15.8. The molecular weight excluding hydrogens is 634 g/mol. The van der Waals surface area contributed by atoms with Gasteiger partial charge < -0.3 is 25.7 Å². The van der Waals surface area contributed by atoms with E-state index in [-0.39, 0.29) is 0 Å². The number of carbonyl (C=O) groups is 1. The van der Waals surface area contributed by atoms with Crippen molar-refractivity contribution in [3.63, 3.8) is 0 Å². The maximum atomic E-state index is 12.5. The van der Waals surface area contributed by atoms with Crippen LogP contribution in [0.5, 0.6) is 0 Å². The topological polar surface area (TPSA) is 110 Å². The van der Waals surface area contributed by atoms with Gasteiger partial charge in [0.25, 0.3) is 0 Å². The van der Waals surface area contributed by atoms with Gasteiger partial charge in [0.1, 0.15) is 12.2 Å². The number of carbonyl (C=O) groups excluding carboxylic acids is 1. The molecule has 304 valence electrons. The molecular formula is C45H89NO5. The average Bonchev–Trinajstić information content (AvgIpc) is 3.13. The van der Waals surface area contributed by atoms with Gasteiger partial charge in [-0.05, 0) is 38.5 Å². The summed E-state index contributed by atoms with van der Waals surface area (Å²) in [6.07, 6.45) is 43.9. The summed E-state index contributed by atoms with van der Waals surface area (Å²) in [6, 6.07) is -0.996. The lowest BCUT2D eigenvalue weighted by molar-refractivity contribution is -0.132. The highest BCUT2D eigenvalue weighted by atomic mass is 16.3. The van der Waals surface area contributed by atoms with Crippen LogP contribution in [0.25, 0.3) is 0 Å². The van der Waals surface area contributed by atoms with E-state index in [1.54, 1.807) is 0 Å². The van der Waals surface area contributed by atoms with Crippen LogP contribution in [-0.2, 0) is 4.79 Å². The van der Waals surface area contributed by atoms with Gasteiger partial charge in [-0.25, -0.2) is 0 Å². The third-order valence-corrected chi connectivity index (χ3v) is 10.7. The van der Waals surface area contributed by atoms with Gasteiger partial charge in [-0.3, -0.25) is 4.79 Å². The van der Waals surface area contributed by atoms with E-state index in [0.717, 1.165) is 38.5 Å². The van der Waals surface area contributed by atoms with Gasteiger partial charge in [-0.2, -0.15) is 0 Å². The molecule has 0 aromatic heterocycles. The van der Waals surface area contributed by atoms with Crippen molar-refractivity contribution in [3.8, 4) is 0 Å². The largest absolute Gasteiger partial charge is 0.394 e. The van der Waals surface area contributed by atoms with Crippen LogP contribution in [-0.4, -0.2) is 57.3 Å². The molecule has 0 aliphatic rings. The first-order chi connectivity index (χ1) is 25.0. The summed E-state index contributed by atoms with van der Waals surface area (Å²) in [5, 5.41) is 43.7. The van der Waals surface area contributed by atoms with Crippen molar-refractivity contribution in [1.29, 1.82) is 0 Å². The molecule has 4 atom stereocenters. The highest BCUT2D eigenvalue weighted by molar-refractivity contribution is 5.80. The average molecular weight is 724 g/mol. The summed E-state index contributed by atoms with van der Waals surface area (Å²) in [6.45, 7) is 4.05. The summed E-state index contributed by atoms with van der Waals surface area (Å²) in [5.41, 5.74) is 0. The number of hydrogen-bond acceptors (Lipinski definition) is 5. The minimum absolute atomic E-state index is 0.368. The number of hydrogen-bond donors (Lipinski definition) is 5. The molecule has 0 bridgehead atoms. The van der Waals surface area contributed by atoms with Crippen molar-refractivity contribution in [3.05, 3.63) is 12.2 Å². The molecule has 6 heteroatoms. The highest BCUT2D eigenvalue weighted by Crippen LogP contribution is 2.16. The Hall–Kier alpha value is -0.950. The van der Waals surface area contributed by atoms with E-state index >= 15 is 0 Å². The second kappa shape index (κ2) is 40.2. The second-order valence-corrected chi connectivity index (χ2v) is 15.8. The van der Waals surface area contributed by atoms with Crippen LogP contribution >= 0.6 is 0 Å². The normalized spacial score (nSPS) is 14.2. The zero-order valence-electron chi connectivity index (χ0n) is 34.1. The molecule has 5 N–H and O–H groups in total. The standard InChI is InChI=1S/C45H89NO5/c1-3-5-7-9-11-13-15-17-19-20-21-22-23-25-26-28-30-32-34-36-38-42(48)44(50)41(40-47)46-45(51)43(49)39-37-35-33-31-29-27-24-18-16-14-12-10-8-6-4-2/h30,32,41-44,47-50H,3-29,31,33-40H2,1-2H3,(H,46,51)/b32-30+. The van der Waals surface area contributed by atoms with E-state index in [1.165, 1.54) is 173 Å². The van der Waals surface area contributed by atoms with Crippen molar-refractivity contribution in [2.24, 2.45) is 0 Å². The molecule has 4 unspecified atom stereocenters. The predicted octanol–water partition coefficient (Wildman–Crippen LogP) is 11.8. The first kappa shape index (κ1) is 50.1. The lowest BCUT2D eigenvalue weighted by Crippen LogP contribution is -2.53. The number of rotatable bonds is 41. The van der Waals surface area contributed by atoms with Crippen LogP contribution in [0.1, 0.15) is 239 Å². The maximum Gasteiger partial charge on any atom is 0.249 e. The summed E-state index contributed by atoms with van der Waals surface area (Å²) >= 11 is 0. The Labute approximate surface area is 317 Å². The molecule has 0 aliphatic carbocycles. The van der Waals surface area contributed by atoms with E-state index in [4.69, 9.17) is 0 Å². The smallest absolute Gasteiger partial charge is 0.249 e. The Balaban J connectivity index is 3.74. The Kier molecular flexibility index (Phi) is 39.5. The van der Waals surface area contributed by atoms with Crippen molar-refractivity contribution < 1.29 is 25.2 Å². The van der Waals surface area contributed by atoms with Gasteiger partial charge in [0.15, 0.2) is 0 Å². The van der Waals surface area contributed by atoms with Gasteiger partial charge >= 0.3 is 0 Å². The third-order valence-electron chi connectivity index (χ3n) is 10.7. The van der Waals surface area contributed by atoms with Crippen LogP contribution in [0.4, 0.5) is 0 Å². The molecule has 0 radical (unpaired) electrons. The summed E-state index contributed by atoms with van der Waals surface area (Å²) < 4.78 is 0. The quantitative estimate of drug-likeness (QED) is 0.0319. The molecule has 51 heavy (non-hydrogen) atoms. The molecule has 0 aliphatic heterocycles. The van der Waals surface area contributed by atoms with E-state index in [9.17, 15) is 25.2 Å². The van der Waals surface area contributed by atoms with Gasteiger partial charge in [-0.1, -0.05) is 212 Å². The number of amides is 1. The van der Waals surface area contributed by atoms with Crippen LogP contribution in [0.3, 0.4) is 0 Å². The molecule has 0 aromatic carbocycles. The van der Waals surface area contributed by atoms with Crippen molar-refractivity contribution in [2.75, 3.05) is 6.61 Å². The summed E-state index contributed by atoms with van der Waals surface area (Å²) in [4.78, 5) is 12.5. The van der Waals surface area contributed by atoms with E-state index in [1.807, 2.05) is 0 Å². The van der Waals surface area contributed by atoms with Gasteiger partial charge in [-0.15, -0.1) is 0 Å². The Bertz CT molecular complexity index is 731. The van der Waals surface area contributed by atoms with Crippen LogP contribution in [0.2, 0.25) is 0 Å². The lowest BCUT2D eigenvalue weighted by Gasteiger charge is -2.27. The molecule has 0 spiro atoms. The Morgan fingerprint density at radius 1 is 0.471 bits per heavy atom. The fourth-order valence-corrected chi connectivity index (χ4v) is 7.11. The number of aliphatic hydroxyl groups is 4. The molecule has 0 aromatic rings. The minimum Gasteiger partial charge on any atom is -0.394 e. The maximum absolute atomic E-state index is 12.5. The molecule has 0 saturated heterocycles. The monoisotopic (exact) mass is 724 g/mol.